The highest BCUT2D eigenvalue weighted by Crippen LogP contribution is 2.53. The molecule has 32 heavy (non-hydrogen) atoms. The van der Waals surface area contributed by atoms with E-state index in [1.54, 1.807) is 44.6 Å². The lowest BCUT2D eigenvalue weighted by Gasteiger charge is -2.30. The van der Waals surface area contributed by atoms with Crippen LogP contribution in [-0.4, -0.2) is 36.3 Å². The van der Waals surface area contributed by atoms with E-state index < -0.39 is 17.1 Å². The summed E-state index contributed by atoms with van der Waals surface area (Å²) < 4.78 is 11.7. The lowest BCUT2D eigenvalue weighted by Crippen LogP contribution is -2.32. The Hall–Kier alpha value is -2.56. The fourth-order valence-electron chi connectivity index (χ4n) is 4.27. The van der Waals surface area contributed by atoms with Gasteiger partial charge in [0.1, 0.15) is 5.25 Å². The van der Waals surface area contributed by atoms with E-state index in [4.69, 9.17) is 9.47 Å². The third kappa shape index (κ3) is 3.28. The summed E-state index contributed by atoms with van der Waals surface area (Å²) in [4.78, 5) is 43.9. The molecule has 1 fully saturated rings. The van der Waals surface area contributed by atoms with Crippen LogP contribution >= 0.6 is 39.0 Å². The predicted octanol–water partition coefficient (Wildman–Crippen LogP) is 4.01. The molecule has 0 aliphatic carbocycles. The van der Waals surface area contributed by atoms with Gasteiger partial charge in [0.05, 0.1) is 30.9 Å². The Morgan fingerprint density at radius 1 is 0.969 bits per heavy atom. The van der Waals surface area contributed by atoms with Gasteiger partial charge >= 0.3 is 4.87 Å². The van der Waals surface area contributed by atoms with Gasteiger partial charge in [0.15, 0.2) is 11.5 Å². The maximum Gasteiger partial charge on any atom is 0.305 e. The maximum atomic E-state index is 13.7. The number of imide groups is 1. The molecule has 1 saturated heterocycles. The topological polar surface area (TPSA) is 88.7 Å². The second-order valence-corrected chi connectivity index (χ2v) is 10.4. The van der Waals surface area contributed by atoms with E-state index in [9.17, 15) is 14.4 Å². The molecule has 1 N–H and O–H groups in total. The molecular formula is C22H17BrN2O5S2. The highest BCUT2D eigenvalue weighted by molar-refractivity contribution is 9.10. The van der Waals surface area contributed by atoms with Crippen LogP contribution in [0.5, 0.6) is 11.5 Å². The molecular weight excluding hydrogens is 516 g/mol. The first-order valence-corrected chi connectivity index (χ1v) is 12.2. The molecule has 10 heteroatoms. The second-order valence-electron chi connectivity index (χ2n) is 7.35. The van der Waals surface area contributed by atoms with E-state index in [1.165, 1.54) is 16.7 Å². The molecule has 3 aromatic rings. The lowest BCUT2D eigenvalue weighted by atomic mass is 9.83. The Bertz CT molecular complexity index is 1290. The van der Waals surface area contributed by atoms with Crippen LogP contribution in [0.1, 0.15) is 16.4 Å². The number of fused-ring (bicyclic) bond motifs is 2. The summed E-state index contributed by atoms with van der Waals surface area (Å²) >= 11 is 5.72. The Morgan fingerprint density at radius 2 is 1.69 bits per heavy atom. The predicted molar refractivity (Wildman–Crippen MR) is 126 cm³/mol. The smallest absolute Gasteiger partial charge is 0.305 e. The summed E-state index contributed by atoms with van der Waals surface area (Å²) in [6.45, 7) is 0. The van der Waals surface area contributed by atoms with Gasteiger partial charge in [-0.3, -0.25) is 14.4 Å². The van der Waals surface area contributed by atoms with Crippen LogP contribution in [-0.2, 0) is 9.59 Å². The number of rotatable bonds is 4. The van der Waals surface area contributed by atoms with Crippen LogP contribution in [0, 0.1) is 5.92 Å². The average molecular weight is 533 g/mol. The molecule has 1 aromatic heterocycles. The van der Waals surface area contributed by atoms with Crippen molar-refractivity contribution in [2.24, 2.45) is 5.92 Å². The normalized spacial score (nSPS) is 22.0. The third-order valence-electron chi connectivity index (χ3n) is 5.68. The van der Waals surface area contributed by atoms with Crippen molar-refractivity contribution in [1.82, 2.24) is 4.98 Å². The van der Waals surface area contributed by atoms with Gasteiger partial charge in [-0.1, -0.05) is 45.1 Å². The molecule has 7 nitrogen and oxygen atoms in total. The number of aromatic nitrogens is 1. The van der Waals surface area contributed by atoms with Crippen molar-refractivity contribution in [3.8, 4) is 11.5 Å². The van der Waals surface area contributed by atoms with Gasteiger partial charge in [0.2, 0.25) is 11.8 Å². The second kappa shape index (κ2) is 8.09. The molecule has 2 aromatic carbocycles. The van der Waals surface area contributed by atoms with Crippen molar-refractivity contribution in [1.29, 1.82) is 0 Å². The van der Waals surface area contributed by atoms with Gasteiger partial charge in [0.25, 0.3) is 0 Å². The van der Waals surface area contributed by atoms with E-state index in [0.717, 1.165) is 26.3 Å². The number of thiazole rings is 1. The van der Waals surface area contributed by atoms with Crippen molar-refractivity contribution in [2.45, 2.75) is 16.2 Å². The molecule has 0 radical (unpaired) electrons. The van der Waals surface area contributed by atoms with Gasteiger partial charge in [-0.15, -0.1) is 0 Å². The number of halogens is 1. The number of nitrogens with one attached hydrogen (secondary N) is 1. The van der Waals surface area contributed by atoms with Crippen molar-refractivity contribution in [2.75, 3.05) is 19.1 Å². The minimum atomic E-state index is -0.645. The maximum absolute atomic E-state index is 13.7. The number of benzene rings is 2. The number of nitrogens with zero attached hydrogens (tertiary/aromatic N) is 1. The molecule has 0 saturated carbocycles. The molecule has 164 valence electrons. The SMILES string of the molecule is COc1ccc([C@H]2c3sc(=O)[nH]c3S[C@@H]3C(=O)N(c4ccc(Br)cc4)C(=O)[C@H]23)cc1OC. The Morgan fingerprint density at radius 3 is 2.38 bits per heavy atom. The summed E-state index contributed by atoms with van der Waals surface area (Å²) in [6.07, 6.45) is 0. The molecule has 0 bridgehead atoms. The summed E-state index contributed by atoms with van der Waals surface area (Å²) in [5.41, 5.74) is 1.31. The monoisotopic (exact) mass is 532 g/mol. The standard InChI is InChI=1S/C22H17BrN2O5S2/c1-29-13-8-3-10(9-14(13)30-2)15-16-18(31-19-17(15)32-22(28)24-19)21(27)25(20(16)26)12-6-4-11(23)5-7-12/h3-9,15-16,18H,1-2H3,(H,24,28)/t15-,16-,18+/m1/s1. The number of anilines is 1. The van der Waals surface area contributed by atoms with Crippen molar-refractivity contribution < 1.29 is 19.1 Å². The molecule has 2 amide bonds. The molecule has 3 atom stereocenters. The van der Waals surface area contributed by atoms with Gasteiger partial charge in [-0.25, -0.2) is 4.90 Å². The zero-order valence-corrected chi connectivity index (χ0v) is 20.2. The number of ether oxygens (including phenoxy) is 2. The molecule has 0 spiro atoms. The van der Waals surface area contributed by atoms with Gasteiger partial charge in [-0.05, 0) is 42.0 Å². The van der Waals surface area contributed by atoms with Crippen molar-refractivity contribution in [3.05, 3.63) is 67.0 Å². The fourth-order valence-corrected chi connectivity index (χ4v) is 7.05. The van der Waals surface area contributed by atoms with E-state index in [-0.39, 0.29) is 16.7 Å². The molecule has 3 heterocycles. The fraction of sp³-hybridized carbons (Fsp3) is 0.227. The van der Waals surface area contributed by atoms with Crippen LogP contribution < -0.4 is 19.2 Å². The van der Waals surface area contributed by atoms with E-state index in [2.05, 4.69) is 20.9 Å². The number of carbonyl (C=O) groups excluding carboxylic acids is 2. The summed E-state index contributed by atoms with van der Waals surface area (Å²) in [7, 11) is 3.09. The van der Waals surface area contributed by atoms with Crippen molar-refractivity contribution >= 4 is 56.5 Å². The molecule has 5 rings (SSSR count). The van der Waals surface area contributed by atoms with Gasteiger partial charge in [-0.2, -0.15) is 0 Å². The van der Waals surface area contributed by atoms with E-state index in [0.29, 0.717) is 22.2 Å². The van der Waals surface area contributed by atoms with Gasteiger partial charge in [0, 0.05) is 15.3 Å². The van der Waals surface area contributed by atoms with Crippen LogP contribution in [0.4, 0.5) is 5.69 Å². The summed E-state index contributed by atoms with van der Waals surface area (Å²) in [5.74, 6) is -0.585. The number of H-pyrrole nitrogens is 1. The largest absolute Gasteiger partial charge is 0.493 e. The van der Waals surface area contributed by atoms with Crippen LogP contribution in [0.15, 0.2) is 56.8 Å². The van der Waals surface area contributed by atoms with Gasteiger partial charge < -0.3 is 14.5 Å². The highest BCUT2D eigenvalue weighted by Gasteiger charge is 2.56. The minimum absolute atomic E-state index is 0.211. The Balaban J connectivity index is 1.65. The first-order valence-electron chi connectivity index (χ1n) is 9.68. The first kappa shape index (κ1) is 21.3. The van der Waals surface area contributed by atoms with Crippen molar-refractivity contribution in [3.63, 3.8) is 0 Å². The minimum Gasteiger partial charge on any atom is -0.493 e. The third-order valence-corrected chi connectivity index (χ3v) is 8.61. The van der Waals surface area contributed by atoms with Crippen LogP contribution in [0.2, 0.25) is 0 Å². The molecule has 0 unspecified atom stereocenters. The lowest BCUT2D eigenvalue weighted by molar-refractivity contribution is -0.122. The zero-order valence-electron chi connectivity index (χ0n) is 17.0. The van der Waals surface area contributed by atoms with E-state index in [1.807, 2.05) is 12.1 Å². The number of thioether (sulfide) groups is 1. The average Bonchev–Trinajstić information content (AvgIpc) is 3.28. The zero-order chi connectivity index (χ0) is 22.6. The number of hydrogen-bond acceptors (Lipinski definition) is 7. The Labute approximate surface area is 199 Å². The van der Waals surface area contributed by atoms with Crippen LogP contribution in [0.25, 0.3) is 0 Å². The number of carbonyl (C=O) groups is 2. The summed E-state index contributed by atoms with van der Waals surface area (Å²) in [5, 5.41) is 0.00170. The number of aromatic amines is 1. The Kier molecular flexibility index (Phi) is 5.39. The molecule has 2 aliphatic rings. The number of amides is 2. The molecule has 2 aliphatic heterocycles. The highest BCUT2D eigenvalue weighted by atomic mass is 79.9. The first-order chi connectivity index (χ1) is 15.4. The van der Waals surface area contributed by atoms with E-state index >= 15 is 0 Å². The quantitative estimate of drug-likeness (QED) is 0.510. The number of methoxy groups -OCH3 is 2. The van der Waals surface area contributed by atoms with Crippen LogP contribution in [0.3, 0.4) is 0 Å². The number of hydrogen-bond donors (Lipinski definition) is 1. The summed E-state index contributed by atoms with van der Waals surface area (Å²) in [6, 6.07) is 12.5.